The van der Waals surface area contributed by atoms with Crippen molar-refractivity contribution in [2.75, 3.05) is 0 Å². The summed E-state index contributed by atoms with van der Waals surface area (Å²) in [5.74, 6) is -0.526. The minimum atomic E-state index is -3.02. The number of ketones is 1. The average molecular weight is 347 g/mol. The van der Waals surface area contributed by atoms with Gasteiger partial charge in [0.15, 0.2) is 0 Å². The monoisotopic (exact) mass is 347 g/mol. The molecule has 0 aliphatic heterocycles. The van der Waals surface area contributed by atoms with E-state index in [1.165, 1.54) is 12.5 Å². The van der Waals surface area contributed by atoms with Crippen molar-refractivity contribution in [2.24, 2.45) is 0 Å². The molecule has 2 atom stereocenters. The second-order valence-electron chi connectivity index (χ2n) is 6.51. The van der Waals surface area contributed by atoms with Crippen LogP contribution in [0.1, 0.15) is 25.0 Å². The molecule has 0 radical (unpaired) electrons. The second kappa shape index (κ2) is 7.85. The van der Waals surface area contributed by atoms with Crippen LogP contribution in [-0.4, -0.2) is 29.0 Å². The predicted molar refractivity (Wildman–Crippen MR) is 94.6 cm³/mol. The van der Waals surface area contributed by atoms with Gasteiger partial charge < -0.3 is 10.4 Å². The lowest BCUT2D eigenvalue weighted by Gasteiger charge is -2.31. The van der Waals surface area contributed by atoms with E-state index in [9.17, 15) is 18.7 Å². The van der Waals surface area contributed by atoms with Gasteiger partial charge in [0.1, 0.15) is 17.4 Å². The fraction of sp³-hybridized carbons (Fsp3) is 0.350. The SMILES string of the molecule is CC(=O)[C@@H](NCc1ccc(-c2ccc(C)cc2)cc1)[C@](C)(O)C(F)F. The minimum absolute atomic E-state index is 0.210. The van der Waals surface area contributed by atoms with E-state index in [1.54, 1.807) is 0 Å². The van der Waals surface area contributed by atoms with Gasteiger partial charge in [-0.25, -0.2) is 8.78 Å². The van der Waals surface area contributed by atoms with Crippen molar-refractivity contribution in [3.63, 3.8) is 0 Å². The first-order chi connectivity index (χ1) is 11.7. The molecule has 5 heteroatoms. The summed E-state index contributed by atoms with van der Waals surface area (Å²) >= 11 is 0. The van der Waals surface area contributed by atoms with Crippen LogP contribution in [0.2, 0.25) is 0 Å². The highest BCUT2D eigenvalue weighted by Gasteiger charge is 2.43. The molecule has 0 amide bonds. The van der Waals surface area contributed by atoms with E-state index in [0.717, 1.165) is 23.6 Å². The number of hydrogen-bond acceptors (Lipinski definition) is 3. The van der Waals surface area contributed by atoms with Crippen molar-refractivity contribution in [2.45, 2.75) is 45.4 Å². The lowest BCUT2D eigenvalue weighted by atomic mass is 9.93. The summed E-state index contributed by atoms with van der Waals surface area (Å²) in [6.45, 7) is 4.39. The molecule has 0 saturated carbocycles. The molecule has 0 saturated heterocycles. The highest BCUT2D eigenvalue weighted by atomic mass is 19.3. The Morgan fingerprint density at radius 1 is 1.08 bits per heavy atom. The smallest absolute Gasteiger partial charge is 0.268 e. The fourth-order valence-corrected chi connectivity index (χ4v) is 2.67. The number of aliphatic hydroxyl groups is 1. The van der Waals surface area contributed by atoms with Gasteiger partial charge in [0, 0.05) is 6.54 Å². The second-order valence-corrected chi connectivity index (χ2v) is 6.51. The maximum absolute atomic E-state index is 13.0. The van der Waals surface area contributed by atoms with Crippen molar-refractivity contribution in [1.29, 1.82) is 0 Å². The highest BCUT2D eigenvalue weighted by molar-refractivity contribution is 5.82. The molecule has 0 aromatic heterocycles. The number of nitrogens with one attached hydrogen (secondary N) is 1. The molecular formula is C20H23F2NO2. The summed E-state index contributed by atoms with van der Waals surface area (Å²) in [6.07, 6.45) is -3.02. The van der Waals surface area contributed by atoms with Gasteiger partial charge in [-0.3, -0.25) is 4.79 Å². The number of benzene rings is 2. The zero-order chi connectivity index (χ0) is 18.6. The Morgan fingerprint density at radius 2 is 1.56 bits per heavy atom. The molecule has 0 unspecified atom stereocenters. The van der Waals surface area contributed by atoms with Crippen LogP contribution in [0.15, 0.2) is 48.5 Å². The molecular weight excluding hydrogens is 324 g/mol. The topological polar surface area (TPSA) is 49.3 Å². The van der Waals surface area contributed by atoms with Gasteiger partial charge in [0.2, 0.25) is 0 Å². The third-order valence-electron chi connectivity index (χ3n) is 4.28. The van der Waals surface area contributed by atoms with Crippen LogP contribution in [0.5, 0.6) is 0 Å². The summed E-state index contributed by atoms with van der Waals surface area (Å²) in [4.78, 5) is 11.6. The Hall–Kier alpha value is -2.11. The van der Waals surface area contributed by atoms with Gasteiger partial charge >= 0.3 is 0 Å². The van der Waals surface area contributed by atoms with Gasteiger partial charge in [-0.15, -0.1) is 0 Å². The van der Waals surface area contributed by atoms with Crippen molar-refractivity contribution in [3.05, 3.63) is 59.7 Å². The van der Waals surface area contributed by atoms with Crippen LogP contribution >= 0.6 is 0 Å². The molecule has 0 heterocycles. The summed E-state index contributed by atoms with van der Waals surface area (Å²) < 4.78 is 26.0. The maximum Gasteiger partial charge on any atom is 0.268 e. The minimum Gasteiger partial charge on any atom is -0.382 e. The molecule has 2 aromatic rings. The van der Waals surface area contributed by atoms with E-state index in [-0.39, 0.29) is 6.54 Å². The zero-order valence-corrected chi connectivity index (χ0v) is 14.6. The average Bonchev–Trinajstić information content (AvgIpc) is 2.56. The van der Waals surface area contributed by atoms with Gasteiger partial charge in [0.05, 0.1) is 0 Å². The van der Waals surface area contributed by atoms with Crippen LogP contribution in [0, 0.1) is 6.92 Å². The first kappa shape index (κ1) is 19.2. The number of rotatable bonds is 7. The van der Waals surface area contributed by atoms with Gasteiger partial charge in [-0.05, 0) is 37.5 Å². The summed E-state index contributed by atoms with van der Waals surface area (Å²) in [5, 5.41) is 12.6. The molecule has 2 N–H and O–H groups in total. The number of halogens is 2. The molecule has 3 nitrogen and oxygen atoms in total. The van der Waals surface area contributed by atoms with Crippen LogP contribution in [0.4, 0.5) is 8.78 Å². The van der Waals surface area contributed by atoms with Crippen LogP contribution in [-0.2, 0) is 11.3 Å². The molecule has 25 heavy (non-hydrogen) atoms. The van der Waals surface area contributed by atoms with Crippen LogP contribution < -0.4 is 5.32 Å². The molecule has 134 valence electrons. The summed E-state index contributed by atoms with van der Waals surface area (Å²) in [6, 6.07) is 14.4. The number of aryl methyl sites for hydroxylation is 1. The van der Waals surface area contributed by atoms with Gasteiger partial charge in [-0.2, -0.15) is 0 Å². The number of hydrogen-bond donors (Lipinski definition) is 2. The molecule has 0 aliphatic rings. The molecule has 0 aliphatic carbocycles. The summed E-state index contributed by atoms with van der Waals surface area (Å²) in [7, 11) is 0. The number of carbonyl (C=O) groups is 1. The Balaban J connectivity index is 2.07. The Morgan fingerprint density at radius 3 is 2.00 bits per heavy atom. The van der Waals surface area contributed by atoms with Crippen LogP contribution in [0.25, 0.3) is 11.1 Å². The van der Waals surface area contributed by atoms with E-state index in [2.05, 4.69) is 5.32 Å². The lowest BCUT2D eigenvalue weighted by Crippen LogP contribution is -2.56. The fourth-order valence-electron chi connectivity index (χ4n) is 2.67. The zero-order valence-electron chi connectivity index (χ0n) is 14.6. The third kappa shape index (κ3) is 4.71. The Kier molecular flexibility index (Phi) is 6.03. The van der Waals surface area contributed by atoms with E-state index in [0.29, 0.717) is 0 Å². The van der Waals surface area contributed by atoms with Crippen molar-refractivity contribution >= 4 is 5.78 Å². The highest BCUT2D eigenvalue weighted by Crippen LogP contribution is 2.22. The van der Waals surface area contributed by atoms with Crippen LogP contribution in [0.3, 0.4) is 0 Å². The van der Waals surface area contributed by atoms with Crippen molar-refractivity contribution in [1.82, 2.24) is 5.32 Å². The molecule has 0 spiro atoms. The first-order valence-electron chi connectivity index (χ1n) is 8.12. The van der Waals surface area contributed by atoms with E-state index in [4.69, 9.17) is 0 Å². The molecule has 2 rings (SSSR count). The van der Waals surface area contributed by atoms with Crippen molar-refractivity contribution in [3.8, 4) is 11.1 Å². The third-order valence-corrected chi connectivity index (χ3v) is 4.28. The Labute approximate surface area is 146 Å². The number of alkyl halides is 2. The molecule has 0 bridgehead atoms. The van der Waals surface area contributed by atoms with Gasteiger partial charge in [0.25, 0.3) is 6.43 Å². The standard InChI is InChI=1S/C20H23F2NO2/c1-13-4-8-16(9-5-13)17-10-6-15(7-11-17)12-23-18(14(2)24)20(3,25)19(21)22/h4-11,18-19,23,25H,12H2,1-3H3/t18-,20+/m1/s1. The lowest BCUT2D eigenvalue weighted by molar-refractivity contribution is -0.139. The number of carbonyl (C=O) groups excluding carboxylic acids is 1. The van der Waals surface area contributed by atoms with E-state index < -0.39 is 23.9 Å². The number of Topliss-reactive ketones (excluding diaryl/α,β-unsaturated/α-hetero) is 1. The quantitative estimate of drug-likeness (QED) is 0.802. The van der Waals surface area contributed by atoms with E-state index >= 15 is 0 Å². The first-order valence-corrected chi connectivity index (χ1v) is 8.12. The van der Waals surface area contributed by atoms with Crippen molar-refractivity contribution < 1.29 is 18.7 Å². The van der Waals surface area contributed by atoms with Gasteiger partial charge in [-0.1, -0.05) is 54.1 Å². The predicted octanol–water partition coefficient (Wildman–Crippen LogP) is 3.73. The normalized spacial score (nSPS) is 15.0. The van der Waals surface area contributed by atoms with E-state index in [1.807, 2.05) is 55.5 Å². The molecule has 0 fully saturated rings. The molecule has 2 aromatic carbocycles. The largest absolute Gasteiger partial charge is 0.382 e. The Bertz CT molecular complexity index is 709. The summed E-state index contributed by atoms with van der Waals surface area (Å²) in [5.41, 5.74) is 1.75. The maximum atomic E-state index is 13.0.